The number of hydrogen-bond acceptors (Lipinski definition) is 1. The van der Waals surface area contributed by atoms with Crippen molar-refractivity contribution in [2.45, 2.75) is 18.8 Å². The Hall–Kier alpha value is -1.86. The second-order valence-electron chi connectivity index (χ2n) is 5.01. The van der Waals surface area contributed by atoms with Gasteiger partial charge in [0.1, 0.15) is 0 Å². The smallest absolute Gasteiger partial charge is 0.0132 e. The first kappa shape index (κ1) is 14.5. The van der Waals surface area contributed by atoms with Crippen molar-refractivity contribution in [2.24, 2.45) is 0 Å². The highest BCUT2D eigenvalue weighted by molar-refractivity contribution is 5.32. The molecule has 0 aliphatic rings. The van der Waals surface area contributed by atoms with E-state index in [1.54, 1.807) is 0 Å². The normalized spacial score (nSPS) is 10.7. The molecule has 2 rings (SSSR count). The SMILES string of the molecule is C=CCNCCCC(c1ccccc1)c1ccccc1. The predicted octanol–water partition coefficient (Wildman–Crippen LogP) is 4.37. The van der Waals surface area contributed by atoms with Crippen molar-refractivity contribution < 1.29 is 0 Å². The van der Waals surface area contributed by atoms with Crippen LogP contribution in [0.2, 0.25) is 0 Å². The minimum atomic E-state index is 0.489. The van der Waals surface area contributed by atoms with Crippen LogP contribution in [0.5, 0.6) is 0 Å². The summed E-state index contributed by atoms with van der Waals surface area (Å²) in [6, 6.07) is 21.6. The van der Waals surface area contributed by atoms with E-state index in [4.69, 9.17) is 0 Å². The molecule has 0 fully saturated rings. The Morgan fingerprint density at radius 1 is 0.900 bits per heavy atom. The Labute approximate surface area is 122 Å². The van der Waals surface area contributed by atoms with Crippen LogP contribution in [0.15, 0.2) is 73.3 Å². The van der Waals surface area contributed by atoms with Gasteiger partial charge in [-0.15, -0.1) is 6.58 Å². The van der Waals surface area contributed by atoms with Crippen molar-refractivity contribution in [3.8, 4) is 0 Å². The zero-order valence-corrected chi connectivity index (χ0v) is 12.0. The van der Waals surface area contributed by atoms with Gasteiger partial charge >= 0.3 is 0 Å². The minimum absolute atomic E-state index is 0.489. The van der Waals surface area contributed by atoms with E-state index >= 15 is 0 Å². The summed E-state index contributed by atoms with van der Waals surface area (Å²) < 4.78 is 0. The van der Waals surface area contributed by atoms with E-state index in [1.807, 2.05) is 6.08 Å². The van der Waals surface area contributed by atoms with Crippen LogP contribution in [0.1, 0.15) is 29.9 Å². The fourth-order valence-electron chi connectivity index (χ4n) is 2.53. The van der Waals surface area contributed by atoms with Crippen molar-refractivity contribution in [1.82, 2.24) is 5.32 Å². The van der Waals surface area contributed by atoms with E-state index in [0.29, 0.717) is 5.92 Å². The van der Waals surface area contributed by atoms with Gasteiger partial charge in [0, 0.05) is 12.5 Å². The van der Waals surface area contributed by atoms with Gasteiger partial charge in [-0.2, -0.15) is 0 Å². The van der Waals surface area contributed by atoms with Gasteiger partial charge in [0.2, 0.25) is 0 Å². The standard InChI is InChI=1S/C19H23N/c1-2-15-20-16-9-14-19(17-10-5-3-6-11-17)18-12-7-4-8-13-18/h2-8,10-13,19-20H,1,9,14-16H2. The van der Waals surface area contributed by atoms with Gasteiger partial charge in [-0.25, -0.2) is 0 Å². The molecule has 2 aromatic rings. The first-order valence-electron chi connectivity index (χ1n) is 7.33. The van der Waals surface area contributed by atoms with Crippen LogP contribution in [-0.2, 0) is 0 Å². The highest BCUT2D eigenvalue weighted by Crippen LogP contribution is 2.28. The summed E-state index contributed by atoms with van der Waals surface area (Å²) in [5, 5.41) is 3.38. The van der Waals surface area contributed by atoms with Gasteiger partial charge < -0.3 is 5.32 Å². The quantitative estimate of drug-likeness (QED) is 0.552. The van der Waals surface area contributed by atoms with E-state index in [1.165, 1.54) is 17.5 Å². The molecule has 0 bridgehead atoms. The molecule has 0 aliphatic carbocycles. The van der Waals surface area contributed by atoms with Crippen molar-refractivity contribution in [3.63, 3.8) is 0 Å². The summed E-state index contributed by atoms with van der Waals surface area (Å²) in [6.45, 7) is 5.66. The monoisotopic (exact) mass is 265 g/mol. The van der Waals surface area contributed by atoms with Crippen LogP contribution < -0.4 is 5.32 Å². The van der Waals surface area contributed by atoms with Crippen molar-refractivity contribution >= 4 is 0 Å². The molecule has 0 saturated carbocycles. The minimum Gasteiger partial charge on any atom is -0.313 e. The molecule has 0 saturated heterocycles. The van der Waals surface area contributed by atoms with Gasteiger partial charge in [0.05, 0.1) is 0 Å². The molecular formula is C19H23N. The molecule has 0 unspecified atom stereocenters. The van der Waals surface area contributed by atoms with Crippen LogP contribution in [0.25, 0.3) is 0 Å². The van der Waals surface area contributed by atoms with Crippen LogP contribution in [0.4, 0.5) is 0 Å². The Balaban J connectivity index is 2.03. The summed E-state index contributed by atoms with van der Waals surface area (Å²) in [5.74, 6) is 0.489. The van der Waals surface area contributed by atoms with E-state index < -0.39 is 0 Å². The van der Waals surface area contributed by atoms with Gasteiger partial charge in [-0.3, -0.25) is 0 Å². The molecule has 0 aliphatic heterocycles. The molecule has 1 heteroatoms. The predicted molar refractivity (Wildman–Crippen MR) is 87.0 cm³/mol. The van der Waals surface area contributed by atoms with Gasteiger partial charge in [0.25, 0.3) is 0 Å². The largest absolute Gasteiger partial charge is 0.313 e. The summed E-state index contributed by atoms with van der Waals surface area (Å²) in [6.07, 6.45) is 4.24. The lowest BCUT2D eigenvalue weighted by Gasteiger charge is -2.18. The summed E-state index contributed by atoms with van der Waals surface area (Å²) >= 11 is 0. The zero-order chi connectivity index (χ0) is 14.0. The second-order valence-corrected chi connectivity index (χ2v) is 5.01. The van der Waals surface area contributed by atoms with Crippen LogP contribution in [-0.4, -0.2) is 13.1 Å². The molecule has 1 nitrogen and oxygen atoms in total. The van der Waals surface area contributed by atoms with Crippen LogP contribution in [0, 0.1) is 0 Å². The highest BCUT2D eigenvalue weighted by atomic mass is 14.8. The Morgan fingerprint density at radius 3 is 1.95 bits per heavy atom. The van der Waals surface area contributed by atoms with E-state index in [2.05, 4.69) is 72.6 Å². The lowest BCUT2D eigenvalue weighted by atomic mass is 9.87. The molecule has 0 heterocycles. The van der Waals surface area contributed by atoms with Crippen molar-refractivity contribution in [1.29, 1.82) is 0 Å². The molecule has 0 radical (unpaired) electrons. The Kier molecular flexibility index (Phi) is 6.07. The van der Waals surface area contributed by atoms with Gasteiger partial charge in [-0.1, -0.05) is 66.7 Å². The molecule has 0 aromatic heterocycles. The van der Waals surface area contributed by atoms with Crippen LogP contribution >= 0.6 is 0 Å². The molecule has 1 N–H and O–H groups in total. The maximum absolute atomic E-state index is 3.73. The third kappa shape index (κ3) is 4.36. The van der Waals surface area contributed by atoms with Crippen LogP contribution in [0.3, 0.4) is 0 Å². The fraction of sp³-hybridized carbons (Fsp3) is 0.263. The first-order valence-corrected chi connectivity index (χ1v) is 7.33. The molecule has 0 amide bonds. The third-order valence-corrected chi connectivity index (χ3v) is 3.54. The summed E-state index contributed by atoms with van der Waals surface area (Å²) in [7, 11) is 0. The molecule has 20 heavy (non-hydrogen) atoms. The maximum atomic E-state index is 3.73. The molecule has 0 spiro atoms. The number of benzene rings is 2. The van der Waals surface area contributed by atoms with Gasteiger partial charge in [0.15, 0.2) is 0 Å². The van der Waals surface area contributed by atoms with E-state index in [9.17, 15) is 0 Å². The summed E-state index contributed by atoms with van der Waals surface area (Å²) in [4.78, 5) is 0. The molecule has 2 aromatic carbocycles. The van der Waals surface area contributed by atoms with E-state index in [-0.39, 0.29) is 0 Å². The van der Waals surface area contributed by atoms with E-state index in [0.717, 1.165) is 19.5 Å². The van der Waals surface area contributed by atoms with Crippen molar-refractivity contribution in [2.75, 3.05) is 13.1 Å². The molecule has 104 valence electrons. The second kappa shape index (κ2) is 8.34. The average molecular weight is 265 g/mol. The maximum Gasteiger partial charge on any atom is 0.0132 e. The lowest BCUT2D eigenvalue weighted by Crippen LogP contribution is -2.15. The van der Waals surface area contributed by atoms with Gasteiger partial charge in [-0.05, 0) is 30.5 Å². The number of nitrogens with one attached hydrogen (secondary N) is 1. The number of rotatable bonds is 8. The Bertz CT molecular complexity index is 450. The average Bonchev–Trinajstić information content (AvgIpc) is 2.53. The molecule has 0 atom stereocenters. The summed E-state index contributed by atoms with van der Waals surface area (Å²) in [5.41, 5.74) is 2.81. The fourth-order valence-corrected chi connectivity index (χ4v) is 2.53. The highest BCUT2D eigenvalue weighted by Gasteiger charge is 2.12. The zero-order valence-electron chi connectivity index (χ0n) is 12.0. The Morgan fingerprint density at radius 2 is 1.45 bits per heavy atom. The van der Waals surface area contributed by atoms with Crippen molar-refractivity contribution in [3.05, 3.63) is 84.4 Å². The third-order valence-electron chi connectivity index (χ3n) is 3.54. The lowest BCUT2D eigenvalue weighted by molar-refractivity contribution is 0.615. The molecular weight excluding hydrogens is 242 g/mol. The number of hydrogen-bond donors (Lipinski definition) is 1. The first-order chi connectivity index (χ1) is 9.92. The topological polar surface area (TPSA) is 12.0 Å².